The fourth-order valence-electron chi connectivity index (χ4n) is 1.96. The van der Waals surface area contributed by atoms with Crippen LogP contribution in [0.15, 0.2) is 24.3 Å². The lowest BCUT2D eigenvalue weighted by Gasteiger charge is -2.27. The molecule has 112 valence electrons. The van der Waals surface area contributed by atoms with Gasteiger partial charge < -0.3 is 10.6 Å². The second kappa shape index (κ2) is 8.28. The van der Waals surface area contributed by atoms with E-state index in [2.05, 4.69) is 6.92 Å². The average molecular weight is 297 g/mol. The van der Waals surface area contributed by atoms with Crippen LogP contribution in [0.4, 0.5) is 0 Å². The molecule has 0 bridgehead atoms. The molecule has 2 atom stereocenters. The van der Waals surface area contributed by atoms with E-state index in [4.69, 9.17) is 17.3 Å². The summed E-state index contributed by atoms with van der Waals surface area (Å²) in [5.74, 6) is -0.0669. The van der Waals surface area contributed by atoms with Crippen molar-refractivity contribution in [2.75, 3.05) is 6.54 Å². The van der Waals surface area contributed by atoms with E-state index in [1.54, 1.807) is 0 Å². The second-order valence-corrected chi connectivity index (χ2v) is 5.76. The molecule has 2 N–H and O–H groups in total. The zero-order valence-electron chi connectivity index (χ0n) is 12.6. The highest BCUT2D eigenvalue weighted by molar-refractivity contribution is 6.31. The van der Waals surface area contributed by atoms with Crippen molar-refractivity contribution in [3.8, 4) is 0 Å². The van der Waals surface area contributed by atoms with Crippen molar-refractivity contribution in [2.24, 2.45) is 11.7 Å². The van der Waals surface area contributed by atoms with Crippen LogP contribution in [0.2, 0.25) is 5.02 Å². The molecule has 0 spiro atoms. The van der Waals surface area contributed by atoms with Crippen molar-refractivity contribution in [1.82, 2.24) is 4.90 Å². The number of nitrogens with zero attached hydrogens (tertiary/aromatic N) is 1. The standard InChI is InChI=1S/C16H25ClN2O/c1-4-5-10-19(16(20)12(2)13(3)18)11-14-8-6-7-9-15(14)17/h6-9,12-13H,4-5,10-11,18H2,1-3H3. The number of amides is 1. The quantitative estimate of drug-likeness (QED) is 0.837. The molecule has 1 aromatic carbocycles. The molecule has 3 nitrogen and oxygen atoms in total. The molecule has 0 aromatic heterocycles. The minimum Gasteiger partial charge on any atom is -0.338 e. The van der Waals surface area contributed by atoms with E-state index in [0.29, 0.717) is 11.6 Å². The van der Waals surface area contributed by atoms with Gasteiger partial charge in [-0.25, -0.2) is 0 Å². The molecule has 0 aliphatic rings. The highest BCUT2D eigenvalue weighted by Gasteiger charge is 2.23. The van der Waals surface area contributed by atoms with Crippen LogP contribution < -0.4 is 5.73 Å². The number of carbonyl (C=O) groups is 1. The number of benzene rings is 1. The SMILES string of the molecule is CCCCN(Cc1ccccc1Cl)C(=O)C(C)C(C)N. The van der Waals surface area contributed by atoms with Crippen molar-refractivity contribution in [3.05, 3.63) is 34.9 Å². The van der Waals surface area contributed by atoms with E-state index < -0.39 is 0 Å². The van der Waals surface area contributed by atoms with Gasteiger partial charge in [-0.1, -0.05) is 50.1 Å². The number of unbranched alkanes of at least 4 members (excludes halogenated alkanes) is 1. The largest absolute Gasteiger partial charge is 0.338 e. The third-order valence-corrected chi connectivity index (χ3v) is 3.96. The Balaban J connectivity index is 2.84. The van der Waals surface area contributed by atoms with Gasteiger partial charge in [0, 0.05) is 24.2 Å². The van der Waals surface area contributed by atoms with Gasteiger partial charge in [0.1, 0.15) is 0 Å². The summed E-state index contributed by atoms with van der Waals surface area (Å²) in [5.41, 5.74) is 6.83. The van der Waals surface area contributed by atoms with Crippen LogP contribution in [0.5, 0.6) is 0 Å². The first kappa shape index (κ1) is 17.0. The smallest absolute Gasteiger partial charge is 0.227 e. The van der Waals surface area contributed by atoms with Crippen LogP contribution in [-0.2, 0) is 11.3 Å². The molecule has 0 fully saturated rings. The average Bonchev–Trinajstić information content (AvgIpc) is 2.43. The van der Waals surface area contributed by atoms with Crippen molar-refractivity contribution >= 4 is 17.5 Å². The second-order valence-electron chi connectivity index (χ2n) is 5.35. The lowest BCUT2D eigenvalue weighted by Crippen LogP contribution is -2.41. The van der Waals surface area contributed by atoms with Crippen molar-refractivity contribution in [3.63, 3.8) is 0 Å². The summed E-state index contributed by atoms with van der Waals surface area (Å²) in [7, 11) is 0. The van der Waals surface area contributed by atoms with Crippen molar-refractivity contribution in [1.29, 1.82) is 0 Å². The number of hydrogen-bond acceptors (Lipinski definition) is 2. The van der Waals surface area contributed by atoms with Gasteiger partial charge in [0.05, 0.1) is 5.92 Å². The summed E-state index contributed by atoms with van der Waals surface area (Å²) in [5, 5.41) is 0.704. The lowest BCUT2D eigenvalue weighted by molar-refractivity contribution is -0.136. The number of halogens is 1. The van der Waals surface area contributed by atoms with E-state index in [1.165, 1.54) is 0 Å². The van der Waals surface area contributed by atoms with E-state index in [9.17, 15) is 4.79 Å². The van der Waals surface area contributed by atoms with E-state index in [1.807, 2.05) is 43.0 Å². The first-order valence-corrected chi connectivity index (χ1v) is 7.63. The number of rotatable bonds is 7. The topological polar surface area (TPSA) is 46.3 Å². The molecule has 1 aromatic rings. The Bertz CT molecular complexity index is 434. The maximum Gasteiger partial charge on any atom is 0.227 e. The van der Waals surface area contributed by atoms with Crippen LogP contribution in [0.1, 0.15) is 39.2 Å². The minimum atomic E-state index is -0.172. The molecule has 20 heavy (non-hydrogen) atoms. The van der Waals surface area contributed by atoms with Crippen molar-refractivity contribution < 1.29 is 4.79 Å². The Hall–Kier alpha value is -1.06. The Morgan fingerprint density at radius 2 is 2.00 bits per heavy atom. The van der Waals surface area contributed by atoms with Gasteiger partial charge in [0.2, 0.25) is 5.91 Å². The molecule has 1 rings (SSSR count). The highest BCUT2D eigenvalue weighted by atomic mass is 35.5. The molecule has 0 heterocycles. The molecule has 2 unspecified atom stereocenters. The zero-order chi connectivity index (χ0) is 15.1. The summed E-state index contributed by atoms with van der Waals surface area (Å²) in [6.45, 7) is 7.18. The Morgan fingerprint density at radius 1 is 1.35 bits per heavy atom. The predicted molar refractivity (Wildman–Crippen MR) is 84.6 cm³/mol. The van der Waals surface area contributed by atoms with Crippen LogP contribution in [-0.4, -0.2) is 23.4 Å². The first-order chi connectivity index (χ1) is 9.47. The Morgan fingerprint density at radius 3 is 2.55 bits per heavy atom. The molecule has 4 heteroatoms. The Labute approximate surface area is 127 Å². The monoisotopic (exact) mass is 296 g/mol. The number of nitrogens with two attached hydrogens (primary N) is 1. The maximum atomic E-state index is 12.5. The van der Waals surface area contributed by atoms with E-state index in [0.717, 1.165) is 24.9 Å². The van der Waals surface area contributed by atoms with E-state index in [-0.39, 0.29) is 17.9 Å². The summed E-state index contributed by atoms with van der Waals surface area (Å²) in [6.07, 6.45) is 2.04. The number of carbonyl (C=O) groups excluding carboxylic acids is 1. The summed E-state index contributed by atoms with van der Waals surface area (Å²) in [6, 6.07) is 7.52. The molecule has 0 aliphatic heterocycles. The normalized spacial score (nSPS) is 13.8. The van der Waals surface area contributed by atoms with Gasteiger partial charge in [-0.15, -0.1) is 0 Å². The summed E-state index contributed by atoms with van der Waals surface area (Å²) < 4.78 is 0. The van der Waals surface area contributed by atoms with Gasteiger partial charge >= 0.3 is 0 Å². The van der Waals surface area contributed by atoms with Crippen molar-refractivity contribution in [2.45, 2.75) is 46.2 Å². The maximum absolute atomic E-state index is 12.5. The van der Waals surface area contributed by atoms with Crippen LogP contribution >= 0.6 is 11.6 Å². The van der Waals surface area contributed by atoms with Gasteiger partial charge in [0.15, 0.2) is 0 Å². The predicted octanol–water partition coefficient (Wildman–Crippen LogP) is 3.45. The molecule has 0 aliphatic carbocycles. The number of hydrogen-bond donors (Lipinski definition) is 1. The van der Waals surface area contributed by atoms with Crippen LogP contribution in [0.25, 0.3) is 0 Å². The molecule has 1 amide bonds. The minimum absolute atomic E-state index is 0.105. The zero-order valence-corrected chi connectivity index (χ0v) is 13.4. The fraction of sp³-hybridized carbons (Fsp3) is 0.562. The third-order valence-electron chi connectivity index (χ3n) is 3.59. The summed E-state index contributed by atoms with van der Waals surface area (Å²) in [4.78, 5) is 14.4. The summed E-state index contributed by atoms with van der Waals surface area (Å²) >= 11 is 6.19. The molecular weight excluding hydrogens is 272 g/mol. The molecule has 0 radical (unpaired) electrons. The van der Waals surface area contributed by atoms with Crippen LogP contribution in [0, 0.1) is 5.92 Å². The van der Waals surface area contributed by atoms with Gasteiger partial charge in [-0.3, -0.25) is 4.79 Å². The van der Waals surface area contributed by atoms with Gasteiger partial charge in [-0.05, 0) is 25.0 Å². The molecule has 0 saturated heterocycles. The Kier molecular flexibility index (Phi) is 7.03. The third kappa shape index (κ3) is 4.80. The first-order valence-electron chi connectivity index (χ1n) is 7.25. The molecular formula is C16H25ClN2O. The van der Waals surface area contributed by atoms with Crippen LogP contribution in [0.3, 0.4) is 0 Å². The fourth-order valence-corrected chi connectivity index (χ4v) is 2.16. The van der Waals surface area contributed by atoms with Gasteiger partial charge in [-0.2, -0.15) is 0 Å². The molecule has 0 saturated carbocycles. The van der Waals surface area contributed by atoms with Gasteiger partial charge in [0.25, 0.3) is 0 Å². The highest BCUT2D eigenvalue weighted by Crippen LogP contribution is 2.19. The van der Waals surface area contributed by atoms with E-state index >= 15 is 0 Å². The lowest BCUT2D eigenvalue weighted by atomic mass is 10.0.